The van der Waals surface area contributed by atoms with Crippen molar-refractivity contribution in [1.82, 2.24) is 10.6 Å². The van der Waals surface area contributed by atoms with E-state index in [2.05, 4.69) is 10.6 Å². The first-order chi connectivity index (χ1) is 13.2. The Morgan fingerprint density at radius 2 is 1.86 bits per heavy atom. The summed E-state index contributed by atoms with van der Waals surface area (Å²) < 4.78 is 42.1. The van der Waals surface area contributed by atoms with E-state index in [-0.39, 0.29) is 29.8 Å². The molecular weight excluding hydrogens is 405 g/mol. The van der Waals surface area contributed by atoms with E-state index in [1.165, 1.54) is 12.1 Å². The molecular formula is C18H26FN3O6S. The molecule has 0 saturated heterocycles. The largest absolute Gasteiger partial charge is 0.444 e. The zero-order valence-corrected chi connectivity index (χ0v) is 17.6. The van der Waals surface area contributed by atoms with E-state index in [4.69, 9.17) is 10.5 Å². The minimum atomic E-state index is -3.56. The zero-order chi connectivity index (χ0) is 22.4. The molecule has 3 amide bonds. The summed E-state index contributed by atoms with van der Waals surface area (Å²) in [5.41, 5.74) is 4.35. The van der Waals surface area contributed by atoms with Crippen molar-refractivity contribution in [3.63, 3.8) is 0 Å². The molecule has 1 atom stereocenters. The van der Waals surface area contributed by atoms with Crippen LogP contribution in [0.4, 0.5) is 9.18 Å². The van der Waals surface area contributed by atoms with Gasteiger partial charge in [-0.2, -0.15) is 0 Å². The smallest absolute Gasteiger partial charge is 0.408 e. The van der Waals surface area contributed by atoms with Crippen LogP contribution >= 0.6 is 0 Å². The Bertz CT molecular complexity index is 880. The average Bonchev–Trinajstić information content (AvgIpc) is 2.54. The van der Waals surface area contributed by atoms with Crippen LogP contribution in [-0.4, -0.2) is 44.2 Å². The monoisotopic (exact) mass is 431 g/mol. The second kappa shape index (κ2) is 9.68. The molecule has 4 N–H and O–H groups in total. The second-order valence-corrected chi connectivity index (χ2v) is 9.46. The van der Waals surface area contributed by atoms with Crippen molar-refractivity contribution in [3.05, 3.63) is 29.6 Å². The van der Waals surface area contributed by atoms with E-state index in [0.29, 0.717) is 0 Å². The summed E-state index contributed by atoms with van der Waals surface area (Å²) in [5.74, 6) is -2.14. The highest BCUT2D eigenvalue weighted by molar-refractivity contribution is 7.90. The number of halogens is 1. The van der Waals surface area contributed by atoms with Crippen LogP contribution in [0.25, 0.3) is 0 Å². The minimum absolute atomic E-state index is 0.0525. The number of nitrogens with two attached hydrogens (primary N) is 1. The minimum Gasteiger partial charge on any atom is -0.444 e. The number of rotatable bonds is 8. The number of ether oxygens (including phenoxy) is 1. The number of sulfone groups is 1. The van der Waals surface area contributed by atoms with Gasteiger partial charge < -0.3 is 21.1 Å². The molecule has 0 fully saturated rings. The van der Waals surface area contributed by atoms with Gasteiger partial charge in [0.05, 0.1) is 4.90 Å². The van der Waals surface area contributed by atoms with E-state index in [1.807, 2.05) is 0 Å². The number of nitrogens with one attached hydrogen (secondary N) is 2. The van der Waals surface area contributed by atoms with Crippen molar-refractivity contribution < 1.29 is 31.9 Å². The van der Waals surface area contributed by atoms with Gasteiger partial charge in [-0.05, 0) is 39.3 Å². The van der Waals surface area contributed by atoms with Crippen molar-refractivity contribution in [3.8, 4) is 0 Å². The third-order valence-corrected chi connectivity index (χ3v) is 4.70. The normalized spacial score (nSPS) is 12.7. The highest BCUT2D eigenvalue weighted by Gasteiger charge is 2.25. The van der Waals surface area contributed by atoms with Gasteiger partial charge in [0.1, 0.15) is 17.5 Å². The number of hydrogen-bond donors (Lipinski definition) is 3. The van der Waals surface area contributed by atoms with E-state index < -0.39 is 45.2 Å². The van der Waals surface area contributed by atoms with Crippen LogP contribution in [0.3, 0.4) is 0 Å². The summed E-state index contributed by atoms with van der Waals surface area (Å²) in [6.07, 6.45) is -0.137. The maximum Gasteiger partial charge on any atom is 0.408 e. The fraction of sp³-hybridized carbons (Fsp3) is 0.500. The molecule has 29 heavy (non-hydrogen) atoms. The second-order valence-electron chi connectivity index (χ2n) is 7.45. The summed E-state index contributed by atoms with van der Waals surface area (Å²) in [6, 6.07) is 2.20. The highest BCUT2D eigenvalue weighted by Crippen LogP contribution is 2.15. The summed E-state index contributed by atoms with van der Waals surface area (Å²) >= 11 is 0. The number of carbonyl (C=O) groups excluding carboxylic acids is 3. The summed E-state index contributed by atoms with van der Waals surface area (Å²) in [5, 5.41) is 4.79. The van der Waals surface area contributed by atoms with Gasteiger partial charge in [0.25, 0.3) is 0 Å². The van der Waals surface area contributed by atoms with E-state index in [9.17, 15) is 27.2 Å². The van der Waals surface area contributed by atoms with Crippen LogP contribution in [0, 0.1) is 5.82 Å². The molecule has 1 aromatic rings. The molecule has 162 valence electrons. The van der Waals surface area contributed by atoms with Crippen molar-refractivity contribution in [2.45, 2.75) is 56.7 Å². The predicted molar refractivity (Wildman–Crippen MR) is 103 cm³/mol. The SMILES string of the molecule is CC(C)(C)OC(=O)N[C@@H](CCC(N)=O)C(=O)NCc1ccc(S(C)(=O)=O)cc1F. The number of benzene rings is 1. The van der Waals surface area contributed by atoms with Gasteiger partial charge in [0, 0.05) is 24.8 Å². The Labute approximate surface area is 169 Å². The fourth-order valence-electron chi connectivity index (χ4n) is 2.21. The van der Waals surface area contributed by atoms with Gasteiger partial charge in [-0.15, -0.1) is 0 Å². The Morgan fingerprint density at radius 3 is 2.34 bits per heavy atom. The maximum atomic E-state index is 14.1. The molecule has 1 rings (SSSR count). The van der Waals surface area contributed by atoms with Crippen LogP contribution in [0.15, 0.2) is 23.1 Å². The third-order valence-electron chi connectivity index (χ3n) is 3.59. The lowest BCUT2D eigenvalue weighted by molar-refractivity contribution is -0.124. The molecule has 0 radical (unpaired) electrons. The van der Waals surface area contributed by atoms with E-state index in [0.717, 1.165) is 12.3 Å². The molecule has 0 unspecified atom stereocenters. The number of amides is 3. The first-order valence-corrected chi connectivity index (χ1v) is 10.6. The van der Waals surface area contributed by atoms with Crippen LogP contribution in [0.1, 0.15) is 39.2 Å². The summed E-state index contributed by atoms with van der Waals surface area (Å²) in [6.45, 7) is 4.69. The molecule has 0 spiro atoms. The zero-order valence-electron chi connectivity index (χ0n) is 16.7. The quantitative estimate of drug-likeness (QED) is 0.560. The van der Waals surface area contributed by atoms with Crippen LogP contribution in [0.2, 0.25) is 0 Å². The van der Waals surface area contributed by atoms with Gasteiger partial charge >= 0.3 is 6.09 Å². The predicted octanol–water partition coefficient (Wildman–Crippen LogP) is 1.00. The Balaban J connectivity index is 2.83. The van der Waals surface area contributed by atoms with Crippen LogP contribution < -0.4 is 16.4 Å². The highest BCUT2D eigenvalue weighted by atomic mass is 32.2. The average molecular weight is 431 g/mol. The maximum absolute atomic E-state index is 14.1. The molecule has 0 aliphatic heterocycles. The van der Waals surface area contributed by atoms with Crippen molar-refractivity contribution in [2.24, 2.45) is 5.73 Å². The lowest BCUT2D eigenvalue weighted by atomic mass is 10.1. The van der Waals surface area contributed by atoms with Gasteiger partial charge in [0.2, 0.25) is 11.8 Å². The van der Waals surface area contributed by atoms with Crippen molar-refractivity contribution in [1.29, 1.82) is 0 Å². The molecule has 9 nitrogen and oxygen atoms in total. The van der Waals surface area contributed by atoms with Crippen LogP contribution in [0.5, 0.6) is 0 Å². The van der Waals surface area contributed by atoms with Crippen molar-refractivity contribution >= 4 is 27.7 Å². The Kier molecular flexibility index (Phi) is 8.13. The van der Waals surface area contributed by atoms with Crippen molar-refractivity contribution in [2.75, 3.05) is 6.26 Å². The molecule has 1 aromatic carbocycles. The molecule has 0 heterocycles. The number of alkyl carbamates (subject to hydrolysis) is 1. The molecule has 0 aromatic heterocycles. The Hall–Kier alpha value is -2.69. The Morgan fingerprint density at radius 1 is 1.24 bits per heavy atom. The molecule has 0 aliphatic rings. The summed E-state index contributed by atoms with van der Waals surface area (Å²) in [4.78, 5) is 35.2. The molecule has 0 saturated carbocycles. The van der Waals surface area contributed by atoms with E-state index >= 15 is 0 Å². The molecule has 11 heteroatoms. The first kappa shape index (κ1) is 24.3. The standard InChI is InChI=1S/C18H26FN3O6S/c1-18(2,3)28-17(25)22-14(7-8-15(20)23)16(24)21-10-11-5-6-12(9-13(11)19)29(4,26)27/h5-6,9,14H,7-8,10H2,1-4H3,(H2,20,23)(H,21,24)(H,22,25)/t14-/m0/s1. The topological polar surface area (TPSA) is 145 Å². The van der Waals surface area contributed by atoms with Gasteiger partial charge in [0.15, 0.2) is 9.84 Å². The lowest BCUT2D eigenvalue weighted by Gasteiger charge is -2.23. The summed E-state index contributed by atoms with van der Waals surface area (Å²) in [7, 11) is -3.56. The van der Waals surface area contributed by atoms with Gasteiger partial charge in [-0.3, -0.25) is 9.59 Å². The van der Waals surface area contributed by atoms with Gasteiger partial charge in [-0.25, -0.2) is 17.6 Å². The fourth-order valence-corrected chi connectivity index (χ4v) is 2.85. The van der Waals surface area contributed by atoms with E-state index in [1.54, 1.807) is 20.8 Å². The number of carbonyl (C=O) groups is 3. The number of primary amides is 1. The lowest BCUT2D eigenvalue weighted by Crippen LogP contribution is -2.48. The third kappa shape index (κ3) is 8.90. The van der Waals surface area contributed by atoms with Crippen LogP contribution in [-0.2, 0) is 30.7 Å². The number of hydrogen-bond acceptors (Lipinski definition) is 6. The molecule has 0 bridgehead atoms. The molecule has 0 aliphatic carbocycles. The first-order valence-electron chi connectivity index (χ1n) is 8.73. The van der Waals surface area contributed by atoms with Gasteiger partial charge in [-0.1, -0.05) is 6.07 Å².